The lowest BCUT2D eigenvalue weighted by molar-refractivity contribution is -0.195. The van der Waals surface area contributed by atoms with Crippen molar-refractivity contribution >= 4 is 11.9 Å². The fourth-order valence-electron chi connectivity index (χ4n) is 3.07. The van der Waals surface area contributed by atoms with Crippen LogP contribution in [0.15, 0.2) is 0 Å². The summed E-state index contributed by atoms with van der Waals surface area (Å²) in [5.74, 6) is -0.725. The van der Waals surface area contributed by atoms with E-state index >= 15 is 0 Å². The van der Waals surface area contributed by atoms with E-state index in [4.69, 9.17) is 18.9 Å². The van der Waals surface area contributed by atoms with Crippen molar-refractivity contribution < 1.29 is 28.5 Å². The van der Waals surface area contributed by atoms with Crippen LogP contribution in [0.5, 0.6) is 0 Å². The Balaban J connectivity index is 3.18. The van der Waals surface area contributed by atoms with Crippen molar-refractivity contribution in [3.05, 3.63) is 0 Å². The maximum absolute atomic E-state index is 12.1. The van der Waals surface area contributed by atoms with Crippen LogP contribution in [0.25, 0.3) is 0 Å². The van der Waals surface area contributed by atoms with Gasteiger partial charge in [-0.15, -0.1) is 0 Å². The highest BCUT2D eigenvalue weighted by Gasteiger charge is 2.58. The Morgan fingerprint density at radius 2 is 1.10 bits per heavy atom. The normalized spacial score (nSPS) is 37.3. The average molecular weight is 288 g/mol. The molecule has 1 saturated carbocycles. The molecule has 0 aromatic rings. The van der Waals surface area contributed by atoms with Gasteiger partial charge in [0.1, 0.15) is 0 Å². The lowest BCUT2D eigenvalue weighted by Gasteiger charge is -2.48. The van der Waals surface area contributed by atoms with E-state index in [0.717, 1.165) is 0 Å². The van der Waals surface area contributed by atoms with E-state index < -0.39 is 23.0 Å². The molecule has 0 aromatic heterocycles. The van der Waals surface area contributed by atoms with Gasteiger partial charge in [0.15, 0.2) is 0 Å². The molecular weight excluding hydrogens is 264 g/mol. The van der Waals surface area contributed by atoms with E-state index in [2.05, 4.69) is 0 Å². The van der Waals surface area contributed by atoms with Crippen LogP contribution in [0.2, 0.25) is 0 Å². The van der Waals surface area contributed by atoms with E-state index in [-0.39, 0.29) is 11.9 Å². The second-order valence-corrected chi connectivity index (χ2v) is 5.68. The van der Waals surface area contributed by atoms with Gasteiger partial charge in [-0.1, -0.05) is 0 Å². The highest BCUT2D eigenvalue weighted by atomic mass is 16.5. The standard InChI is InChI=1S/C14H24O6/c1-13(11(15)19-5)7-10(18-4)14(2,12(16)20-6)8-9(13)17-3/h9-10H,7-8H2,1-6H3. The molecule has 4 atom stereocenters. The third-order valence-electron chi connectivity index (χ3n) is 4.51. The molecule has 4 unspecified atom stereocenters. The molecule has 1 rings (SSSR count). The van der Waals surface area contributed by atoms with Gasteiger partial charge in [-0.3, -0.25) is 9.59 Å². The molecule has 0 saturated heterocycles. The minimum atomic E-state index is -0.849. The number of esters is 2. The van der Waals surface area contributed by atoms with Gasteiger partial charge in [-0.2, -0.15) is 0 Å². The molecule has 6 heteroatoms. The zero-order chi connectivity index (χ0) is 15.6. The Morgan fingerprint density at radius 1 is 0.800 bits per heavy atom. The van der Waals surface area contributed by atoms with Gasteiger partial charge < -0.3 is 18.9 Å². The second kappa shape index (κ2) is 6.10. The molecule has 116 valence electrons. The number of carbonyl (C=O) groups is 2. The van der Waals surface area contributed by atoms with E-state index in [1.807, 2.05) is 0 Å². The van der Waals surface area contributed by atoms with Gasteiger partial charge >= 0.3 is 11.9 Å². The average Bonchev–Trinajstić information content (AvgIpc) is 2.47. The van der Waals surface area contributed by atoms with Crippen LogP contribution in [-0.4, -0.2) is 52.6 Å². The number of hydrogen-bond donors (Lipinski definition) is 0. The molecule has 0 radical (unpaired) electrons. The molecule has 0 heterocycles. The van der Waals surface area contributed by atoms with Gasteiger partial charge in [-0.05, 0) is 26.7 Å². The van der Waals surface area contributed by atoms with Crippen molar-refractivity contribution in [2.75, 3.05) is 28.4 Å². The van der Waals surface area contributed by atoms with Crippen molar-refractivity contribution in [2.45, 2.75) is 38.9 Å². The summed E-state index contributed by atoms with van der Waals surface area (Å²) >= 11 is 0. The van der Waals surface area contributed by atoms with E-state index in [9.17, 15) is 9.59 Å². The minimum Gasteiger partial charge on any atom is -0.469 e. The summed E-state index contributed by atoms with van der Waals surface area (Å²) < 4.78 is 20.7. The van der Waals surface area contributed by atoms with E-state index in [0.29, 0.717) is 12.8 Å². The maximum atomic E-state index is 12.1. The lowest BCUT2D eigenvalue weighted by Crippen LogP contribution is -2.58. The molecule has 1 aliphatic rings. The van der Waals surface area contributed by atoms with Crippen molar-refractivity contribution in [1.29, 1.82) is 0 Å². The smallest absolute Gasteiger partial charge is 0.314 e. The van der Waals surface area contributed by atoms with Crippen LogP contribution >= 0.6 is 0 Å². The Labute approximate surface area is 119 Å². The van der Waals surface area contributed by atoms with Gasteiger partial charge in [-0.25, -0.2) is 0 Å². The Kier molecular flexibility index (Phi) is 5.15. The lowest BCUT2D eigenvalue weighted by atomic mass is 9.61. The topological polar surface area (TPSA) is 71.1 Å². The van der Waals surface area contributed by atoms with Crippen LogP contribution in [0, 0.1) is 10.8 Å². The van der Waals surface area contributed by atoms with Crippen LogP contribution in [0.1, 0.15) is 26.7 Å². The summed E-state index contributed by atoms with van der Waals surface area (Å²) in [7, 11) is 5.74. The van der Waals surface area contributed by atoms with Crippen LogP contribution in [0.4, 0.5) is 0 Å². The van der Waals surface area contributed by atoms with Crippen LogP contribution in [0.3, 0.4) is 0 Å². The Bertz CT molecular complexity index is 346. The zero-order valence-corrected chi connectivity index (χ0v) is 13.0. The van der Waals surface area contributed by atoms with Crippen molar-refractivity contribution in [3.63, 3.8) is 0 Å². The monoisotopic (exact) mass is 288 g/mol. The SMILES string of the molecule is COC(=O)C1(C)CC(OC)C(C)(C(=O)OC)CC1OC. The van der Waals surface area contributed by atoms with Crippen LogP contribution < -0.4 is 0 Å². The van der Waals surface area contributed by atoms with Gasteiger partial charge in [0.25, 0.3) is 0 Å². The maximum Gasteiger partial charge on any atom is 0.314 e. The van der Waals surface area contributed by atoms with Crippen molar-refractivity contribution in [1.82, 2.24) is 0 Å². The summed E-state index contributed by atoms with van der Waals surface area (Å²) in [6.07, 6.45) is -0.212. The first-order chi connectivity index (χ1) is 9.29. The summed E-state index contributed by atoms with van der Waals surface area (Å²) in [5.41, 5.74) is -1.70. The molecule has 0 amide bonds. The molecule has 0 spiro atoms. The zero-order valence-electron chi connectivity index (χ0n) is 13.0. The molecule has 1 fully saturated rings. The summed E-state index contributed by atoms with van der Waals surface area (Å²) in [4.78, 5) is 24.2. The molecule has 20 heavy (non-hydrogen) atoms. The van der Waals surface area contributed by atoms with Gasteiger partial charge in [0.2, 0.25) is 0 Å². The first kappa shape index (κ1) is 16.9. The summed E-state index contributed by atoms with van der Waals surface area (Å²) in [6.45, 7) is 3.55. The summed E-state index contributed by atoms with van der Waals surface area (Å²) in [6, 6.07) is 0. The summed E-state index contributed by atoms with van der Waals surface area (Å²) in [5, 5.41) is 0. The number of rotatable bonds is 4. The molecule has 6 nitrogen and oxygen atoms in total. The third kappa shape index (κ3) is 2.54. The predicted octanol–water partition coefficient (Wildman–Crippen LogP) is 1.17. The second-order valence-electron chi connectivity index (χ2n) is 5.68. The first-order valence-corrected chi connectivity index (χ1v) is 6.52. The van der Waals surface area contributed by atoms with Crippen molar-refractivity contribution in [3.8, 4) is 0 Å². The fraction of sp³-hybridized carbons (Fsp3) is 0.857. The number of hydrogen-bond acceptors (Lipinski definition) is 6. The number of methoxy groups -OCH3 is 4. The van der Waals surface area contributed by atoms with Gasteiger partial charge in [0, 0.05) is 14.2 Å². The number of carbonyl (C=O) groups excluding carboxylic acids is 2. The molecular formula is C14H24O6. The van der Waals surface area contributed by atoms with Crippen molar-refractivity contribution in [2.24, 2.45) is 10.8 Å². The highest BCUT2D eigenvalue weighted by Crippen LogP contribution is 2.48. The van der Waals surface area contributed by atoms with Gasteiger partial charge in [0.05, 0.1) is 37.3 Å². The molecule has 1 aliphatic carbocycles. The van der Waals surface area contributed by atoms with E-state index in [1.165, 1.54) is 28.4 Å². The molecule has 0 bridgehead atoms. The number of ether oxygens (including phenoxy) is 4. The fourth-order valence-corrected chi connectivity index (χ4v) is 3.07. The van der Waals surface area contributed by atoms with Crippen LogP contribution in [-0.2, 0) is 28.5 Å². The molecule has 0 aromatic carbocycles. The minimum absolute atomic E-state index is 0.334. The Morgan fingerprint density at radius 3 is 1.30 bits per heavy atom. The quantitative estimate of drug-likeness (QED) is 0.723. The molecule has 0 N–H and O–H groups in total. The first-order valence-electron chi connectivity index (χ1n) is 6.52. The largest absolute Gasteiger partial charge is 0.469 e. The molecule has 0 aliphatic heterocycles. The van der Waals surface area contributed by atoms with E-state index in [1.54, 1.807) is 13.8 Å². The Hall–Kier alpha value is -1.14. The predicted molar refractivity (Wildman–Crippen MR) is 71.1 cm³/mol. The highest BCUT2D eigenvalue weighted by molar-refractivity contribution is 5.81. The third-order valence-corrected chi connectivity index (χ3v) is 4.51.